The number of aliphatic imine (C=N–C) groups is 1. The van der Waals surface area contributed by atoms with Crippen LogP contribution >= 0.6 is 0 Å². The number of hydrogen-bond donors (Lipinski definition) is 31. The molecule has 4 aromatic rings. The maximum absolute atomic E-state index is 10.6. The fourth-order valence-corrected chi connectivity index (χ4v) is 7.38. The third-order valence-corrected chi connectivity index (χ3v) is 15.3. The summed E-state index contributed by atoms with van der Waals surface area (Å²) < 4.78 is 0. The van der Waals surface area contributed by atoms with Gasteiger partial charge in [0.1, 0.15) is 78.3 Å². The van der Waals surface area contributed by atoms with Gasteiger partial charge < -0.3 is 167 Å². The molecule has 13 atom stereocenters. The van der Waals surface area contributed by atoms with Crippen molar-refractivity contribution < 1.29 is 144 Å². The highest BCUT2D eigenvalue weighted by atomic mass is 16.4. The lowest BCUT2D eigenvalue weighted by molar-refractivity contribution is -0.144. The molecule has 0 aliphatic heterocycles. The number of nitrogens with two attached hydrogens (primary N) is 14. The summed E-state index contributed by atoms with van der Waals surface area (Å²) in [6, 6.07) is 4.12. The molecule has 0 amide bonds. The predicted molar refractivity (Wildman–Crippen MR) is 450 cm³/mol. The summed E-state index contributed by atoms with van der Waals surface area (Å²) in [7, 11) is 0. The average Bonchev–Trinajstić information content (AvgIpc) is 1.69. The quantitative estimate of drug-likeness (QED) is 0.0155. The fraction of sp³-hybridized carbons (Fsp3) is 0.573. The number of para-hydroxylation sites is 1. The lowest BCUT2D eigenvalue weighted by Gasteiger charge is -2.22. The molecule has 0 bridgehead atoms. The van der Waals surface area contributed by atoms with E-state index in [1.165, 1.54) is 18.5 Å². The van der Waals surface area contributed by atoms with E-state index < -0.39 is 162 Å². The van der Waals surface area contributed by atoms with Crippen LogP contribution in [0, 0.1) is 23.2 Å². The maximum atomic E-state index is 10.6. The molecule has 47 nitrogen and oxygen atoms in total. The van der Waals surface area contributed by atoms with Gasteiger partial charge in [0.05, 0.1) is 12.7 Å². The predicted octanol–water partition coefficient (Wildman–Crippen LogP) is -0.405. The van der Waals surface area contributed by atoms with Gasteiger partial charge in [-0.1, -0.05) is 132 Å². The molecule has 0 spiro atoms. The molecule has 2 aromatic heterocycles. The smallest absolute Gasteiger partial charge is 0.321 e. The number of carboxylic acids is 14. The minimum Gasteiger partial charge on any atom is -0.508 e. The molecule has 47 heteroatoms. The third kappa shape index (κ3) is 75.8. The molecule has 0 fully saturated rings. The standard InChI is InChI=1S/C11H12N2O2.C9H11NO3.C6H14N4O2.C6H9N3O2.4C6H13NO2.C5H9NO4.2C5H11NO2.C4H7NO4/c12-9(11(14)15)5-7-6-13-10-4-2-1-3-8(7)10;10-8(9(12)13)5-6-1-3-7(11)4-2-6;7-4(5(11)12)2-1-3-10-6(8)9;7-5(6(10)11)1-4-2-8-3-9-4;1-6(2,3)4(7)5(8)9;1-4(2)3-5(7)6(8)9;1-3-4(2)5(7)6(8)9;1-2-3-4-5(7)6(8)9;6-3(5(9)10)1-2-4(7)8;1-3(2)4(6)5(7)8;1-2-3-4(6)5(7)8;5-2(4(8)9)1-3(6)7/h1-4,6,9,13H,5,12H2,(H,14,15);1-4,8,11H,5,10H2,(H,12,13);4H,1-3,7H2,(H,11,12)(H4,8,9,10);2-3,5H,1,7H2,(H,8,9)(H,10,11);4H,7H2,1-3H3,(H,8,9);2*4-5H,3,7H2,1-2H3,(H,8,9);5H,2-4,7H2,1H3,(H,8,9);3H,1-2,6H2,(H,7,8)(H,9,10);3-4H,6H2,1-2H3,(H,7,8);4H,2-3,6H2,1H3,(H,7,8);2H,1,5H2,(H,6,7)(H,8,9). The van der Waals surface area contributed by atoms with Crippen molar-refractivity contribution in [3.8, 4) is 5.75 Å². The summed E-state index contributed by atoms with van der Waals surface area (Å²) in [5, 5.41) is 126. The van der Waals surface area contributed by atoms with E-state index in [0.717, 1.165) is 53.4 Å². The van der Waals surface area contributed by atoms with Crippen LogP contribution in [0.4, 0.5) is 0 Å². The number of H-pyrrole nitrogens is 2. The Morgan fingerprint density at radius 3 is 1.15 bits per heavy atom. The van der Waals surface area contributed by atoms with Crippen molar-refractivity contribution in [3.05, 3.63) is 84.1 Å². The van der Waals surface area contributed by atoms with E-state index in [0.29, 0.717) is 51.0 Å². The number of phenolic OH excluding ortho intramolecular Hbond substituents is 1. The Labute approximate surface area is 706 Å². The molecule has 2 aromatic carbocycles. The Morgan fingerprint density at radius 1 is 0.443 bits per heavy atom. The van der Waals surface area contributed by atoms with Gasteiger partial charge >= 0.3 is 83.6 Å². The zero-order valence-corrected chi connectivity index (χ0v) is 70.7. The molecular formula is C75H136N18O29. The number of benzene rings is 2. The van der Waals surface area contributed by atoms with Crippen LogP contribution in [0.25, 0.3) is 10.9 Å². The van der Waals surface area contributed by atoms with Gasteiger partial charge in [0.15, 0.2) is 5.96 Å². The van der Waals surface area contributed by atoms with Gasteiger partial charge in [-0.3, -0.25) is 72.1 Å². The zero-order valence-electron chi connectivity index (χ0n) is 70.7. The van der Waals surface area contributed by atoms with E-state index in [1.807, 2.05) is 72.0 Å². The summed E-state index contributed by atoms with van der Waals surface area (Å²) >= 11 is 0. The van der Waals surface area contributed by atoms with Gasteiger partial charge in [-0.2, -0.15) is 0 Å². The molecule has 0 aliphatic carbocycles. The zero-order chi connectivity index (χ0) is 97.2. The maximum Gasteiger partial charge on any atom is 0.321 e. The third-order valence-electron chi connectivity index (χ3n) is 15.3. The summed E-state index contributed by atoms with van der Waals surface area (Å²) in [6.45, 7) is 20.9. The topological polar surface area (TPSA) is 964 Å². The first-order chi connectivity index (χ1) is 56.0. The van der Waals surface area contributed by atoms with Crippen LogP contribution in [-0.4, -0.2) is 260 Å². The molecule has 0 radical (unpaired) electrons. The van der Waals surface area contributed by atoms with Crippen molar-refractivity contribution in [1.29, 1.82) is 0 Å². The Balaban J connectivity index is -0.000000195. The molecule has 122 heavy (non-hydrogen) atoms. The van der Waals surface area contributed by atoms with Crippen molar-refractivity contribution in [3.63, 3.8) is 0 Å². The van der Waals surface area contributed by atoms with Crippen LogP contribution in [0.1, 0.15) is 170 Å². The van der Waals surface area contributed by atoms with Gasteiger partial charge in [0, 0.05) is 54.8 Å². The van der Waals surface area contributed by atoms with E-state index in [4.69, 9.17) is 157 Å². The molecule has 0 saturated heterocycles. The van der Waals surface area contributed by atoms with Crippen molar-refractivity contribution in [2.45, 2.75) is 245 Å². The van der Waals surface area contributed by atoms with Crippen LogP contribution in [0.15, 0.2) is 72.2 Å². The number of nitrogens with one attached hydrogen (secondary N) is 2. The Bertz CT molecular complexity index is 3660. The summed E-state index contributed by atoms with van der Waals surface area (Å²) in [4.78, 5) is 155. The number of nitrogens with zero attached hydrogens (tertiary/aromatic N) is 2. The van der Waals surface area contributed by atoms with Gasteiger partial charge in [0.25, 0.3) is 0 Å². The first kappa shape index (κ1) is 126. The van der Waals surface area contributed by atoms with Crippen LogP contribution in [0.3, 0.4) is 0 Å². The fourth-order valence-electron chi connectivity index (χ4n) is 7.38. The molecule has 45 N–H and O–H groups in total. The van der Waals surface area contributed by atoms with Crippen molar-refractivity contribution in [1.82, 2.24) is 15.0 Å². The largest absolute Gasteiger partial charge is 0.508 e. The van der Waals surface area contributed by atoms with Crippen LogP contribution < -0.4 is 80.3 Å². The Kier molecular flexibility index (Phi) is 74.6. The first-order valence-corrected chi connectivity index (χ1v) is 37.6. The number of guanidine groups is 1. The minimum atomic E-state index is -1.29. The van der Waals surface area contributed by atoms with E-state index in [9.17, 15) is 67.1 Å². The highest BCUT2D eigenvalue weighted by Crippen LogP contribution is 2.19. The van der Waals surface area contributed by atoms with E-state index >= 15 is 0 Å². The van der Waals surface area contributed by atoms with Crippen molar-refractivity contribution >= 4 is 100 Å². The summed E-state index contributed by atoms with van der Waals surface area (Å²) in [5.41, 5.74) is 75.6. The van der Waals surface area contributed by atoms with Crippen molar-refractivity contribution in [2.75, 3.05) is 6.54 Å². The van der Waals surface area contributed by atoms with Crippen molar-refractivity contribution in [2.24, 2.45) is 108 Å². The number of unbranched alkanes of at least 4 members (excludes halogenated alkanes) is 1. The average molecular weight is 1750 g/mol. The minimum absolute atomic E-state index is 0.0129. The number of aromatic amines is 2. The number of phenols is 1. The number of carbonyl (C=O) groups is 14. The Hall–Kier alpha value is -11.6. The molecule has 0 aliphatic rings. The number of aromatic hydroxyl groups is 1. The number of rotatable bonds is 37. The number of carboxylic acid groups (broad SMARTS) is 14. The second-order valence-electron chi connectivity index (χ2n) is 28.3. The molecule has 2 heterocycles. The van der Waals surface area contributed by atoms with Gasteiger partial charge in [-0.15, -0.1) is 0 Å². The number of imidazole rings is 1. The highest BCUT2D eigenvalue weighted by Gasteiger charge is 2.27. The monoisotopic (exact) mass is 1750 g/mol. The normalized spacial score (nSPS) is 13.3. The second-order valence-corrected chi connectivity index (χ2v) is 28.3. The first-order valence-electron chi connectivity index (χ1n) is 37.6. The molecule has 0 saturated carbocycles. The van der Waals surface area contributed by atoms with E-state index in [1.54, 1.807) is 52.9 Å². The van der Waals surface area contributed by atoms with Crippen LogP contribution in [0.5, 0.6) is 5.75 Å². The lowest BCUT2D eigenvalue weighted by atomic mass is 9.88. The number of aliphatic carboxylic acids is 14. The lowest BCUT2D eigenvalue weighted by Crippen LogP contribution is -2.41. The summed E-state index contributed by atoms with van der Waals surface area (Å²) in [5.74, 6) is -13.6. The van der Waals surface area contributed by atoms with Crippen LogP contribution in [-0.2, 0) is 86.4 Å². The second kappa shape index (κ2) is 72.2. The van der Waals surface area contributed by atoms with E-state index in [-0.39, 0.29) is 54.6 Å². The Morgan fingerprint density at radius 2 is 0.852 bits per heavy atom. The van der Waals surface area contributed by atoms with E-state index in [2.05, 4.69) is 19.9 Å². The molecular weight excluding hydrogens is 1620 g/mol. The van der Waals surface area contributed by atoms with Crippen LogP contribution in [0.2, 0.25) is 0 Å². The van der Waals surface area contributed by atoms with Gasteiger partial charge in [-0.25, -0.2) is 4.98 Å². The molecule has 13 unspecified atom stereocenters. The highest BCUT2D eigenvalue weighted by molar-refractivity contribution is 5.85. The summed E-state index contributed by atoms with van der Waals surface area (Å²) in [6.07, 6.45) is 11.2. The SMILES string of the molecule is CC(C)(C)C(N)C(=O)O.CC(C)C(N)C(=O)O.CC(C)CC(N)C(=O)O.CCC(C)C(N)C(=O)O.CCCC(N)C(=O)O.CCCCC(N)C(=O)O.NC(CC(=O)O)C(=O)O.NC(CCC(=O)O)C(=O)O.NC(Cc1c[nH]c2ccccc12)C(=O)O.NC(Cc1ccc(O)cc1)C(=O)O.NC(Cc1cnc[nH]1)C(=O)O.NC(N)=NCCCC(N)C(=O)O. The number of fused-ring (bicyclic) bond motifs is 1. The number of hydrogen-bond acceptors (Lipinski definition) is 29. The van der Waals surface area contributed by atoms with Gasteiger partial charge in [-0.05, 0) is 97.4 Å². The van der Waals surface area contributed by atoms with Gasteiger partial charge in [0.2, 0.25) is 0 Å². The number of aromatic nitrogens is 3. The molecule has 4 rings (SSSR count). The molecule has 700 valence electrons.